The van der Waals surface area contributed by atoms with E-state index in [1.165, 1.54) is 6.33 Å². The Morgan fingerprint density at radius 3 is 2.95 bits per heavy atom. The molecule has 0 unspecified atom stereocenters. The third kappa shape index (κ3) is 3.34. The number of hydrogen-bond acceptors (Lipinski definition) is 5. The maximum absolute atomic E-state index is 11.9. The van der Waals surface area contributed by atoms with Crippen LogP contribution in [-0.2, 0) is 12.8 Å². The second-order valence-corrected chi connectivity index (χ2v) is 4.51. The zero-order chi connectivity index (χ0) is 14.4. The molecule has 0 bridgehead atoms. The van der Waals surface area contributed by atoms with Crippen LogP contribution in [-0.4, -0.2) is 37.8 Å². The molecule has 108 valence electrons. The normalized spacial score (nSPS) is 10.7. The van der Waals surface area contributed by atoms with Crippen LogP contribution in [0, 0.1) is 0 Å². The lowest BCUT2D eigenvalue weighted by molar-refractivity contribution is 0.0949. The molecule has 0 radical (unpaired) electrons. The number of H-pyrrole nitrogens is 2. The van der Waals surface area contributed by atoms with Crippen molar-refractivity contribution in [1.29, 1.82) is 0 Å². The number of aromatic nitrogens is 5. The van der Waals surface area contributed by atoms with Gasteiger partial charge in [-0.1, -0.05) is 13.3 Å². The van der Waals surface area contributed by atoms with E-state index in [9.17, 15) is 4.79 Å². The van der Waals surface area contributed by atoms with Crippen LogP contribution in [0.3, 0.4) is 0 Å². The summed E-state index contributed by atoms with van der Waals surface area (Å²) in [7, 11) is 0. The van der Waals surface area contributed by atoms with Crippen LogP contribution >= 0.6 is 0 Å². The van der Waals surface area contributed by atoms with Crippen LogP contribution in [0.25, 0.3) is 0 Å². The lowest BCUT2D eigenvalue weighted by Gasteiger charge is -2.03. The van der Waals surface area contributed by atoms with Gasteiger partial charge in [0.25, 0.3) is 5.91 Å². The molecule has 8 heteroatoms. The molecule has 0 aliphatic rings. The Kier molecular flexibility index (Phi) is 4.70. The first-order valence-corrected chi connectivity index (χ1v) is 6.67. The number of amides is 1. The summed E-state index contributed by atoms with van der Waals surface area (Å²) in [5.74, 6) is 0.558. The fourth-order valence-corrected chi connectivity index (χ4v) is 1.89. The third-order valence-electron chi connectivity index (χ3n) is 2.94. The summed E-state index contributed by atoms with van der Waals surface area (Å²) in [5, 5.41) is 16.1. The number of carbonyl (C=O) groups excluding carboxylic acids is 1. The number of nitrogens with one attached hydrogen (secondary N) is 3. The molecule has 0 saturated carbocycles. The topological polar surface area (TPSA) is 125 Å². The lowest BCUT2D eigenvalue weighted by atomic mass is 10.2. The standard InChI is InChI=1S/C12H19N7O/c1-2-4-8-10(13)11(19-17-8)12(20)14-6-3-5-9-15-7-16-18-9/h7H,2-6,13H2,1H3,(H,14,20)(H,17,19)(H,15,16,18). The Morgan fingerprint density at radius 1 is 1.40 bits per heavy atom. The number of carbonyl (C=O) groups is 1. The van der Waals surface area contributed by atoms with Gasteiger partial charge in [0.1, 0.15) is 12.2 Å². The Morgan fingerprint density at radius 2 is 2.25 bits per heavy atom. The molecular weight excluding hydrogens is 258 g/mol. The van der Waals surface area contributed by atoms with Crippen molar-refractivity contribution in [3.8, 4) is 0 Å². The van der Waals surface area contributed by atoms with Gasteiger partial charge in [-0.3, -0.25) is 15.0 Å². The highest BCUT2D eigenvalue weighted by Gasteiger charge is 2.16. The summed E-state index contributed by atoms with van der Waals surface area (Å²) in [6.45, 7) is 2.58. The SMILES string of the molecule is CCCc1[nH]nc(C(=O)NCCCc2ncn[nH]2)c1N. The van der Waals surface area contributed by atoms with Gasteiger partial charge in [0.2, 0.25) is 0 Å². The second kappa shape index (κ2) is 6.69. The number of hydrogen-bond donors (Lipinski definition) is 4. The molecule has 0 atom stereocenters. The van der Waals surface area contributed by atoms with Crippen LogP contribution < -0.4 is 11.1 Å². The highest BCUT2D eigenvalue weighted by molar-refractivity contribution is 5.97. The second-order valence-electron chi connectivity index (χ2n) is 4.51. The average Bonchev–Trinajstić information content (AvgIpc) is 3.06. The fourth-order valence-electron chi connectivity index (χ4n) is 1.89. The average molecular weight is 277 g/mol. The van der Waals surface area contributed by atoms with Gasteiger partial charge in [-0.25, -0.2) is 4.98 Å². The molecule has 0 aliphatic heterocycles. The Labute approximate surface area is 116 Å². The Balaban J connectivity index is 1.79. The zero-order valence-electron chi connectivity index (χ0n) is 11.4. The van der Waals surface area contributed by atoms with Gasteiger partial charge in [-0.15, -0.1) is 0 Å². The largest absolute Gasteiger partial charge is 0.395 e. The fraction of sp³-hybridized carbons (Fsp3) is 0.500. The number of nitrogens with two attached hydrogens (primary N) is 1. The smallest absolute Gasteiger partial charge is 0.273 e. The molecule has 2 aromatic heterocycles. The van der Waals surface area contributed by atoms with Crippen LogP contribution in [0.1, 0.15) is 41.8 Å². The minimum absolute atomic E-state index is 0.251. The van der Waals surface area contributed by atoms with Crippen molar-refractivity contribution in [2.75, 3.05) is 12.3 Å². The van der Waals surface area contributed by atoms with Gasteiger partial charge in [-0.05, 0) is 12.8 Å². The van der Waals surface area contributed by atoms with Gasteiger partial charge < -0.3 is 11.1 Å². The molecule has 0 spiro atoms. The minimum Gasteiger partial charge on any atom is -0.395 e. The van der Waals surface area contributed by atoms with Crippen molar-refractivity contribution in [3.05, 3.63) is 23.5 Å². The maximum Gasteiger partial charge on any atom is 0.273 e. The third-order valence-corrected chi connectivity index (χ3v) is 2.94. The van der Waals surface area contributed by atoms with Gasteiger partial charge in [-0.2, -0.15) is 10.2 Å². The van der Waals surface area contributed by atoms with Gasteiger partial charge in [0.15, 0.2) is 5.69 Å². The molecule has 5 N–H and O–H groups in total. The number of aryl methyl sites for hydroxylation is 2. The van der Waals surface area contributed by atoms with E-state index in [0.29, 0.717) is 12.2 Å². The predicted molar refractivity (Wildman–Crippen MR) is 74.0 cm³/mol. The molecule has 2 aromatic rings. The molecule has 2 rings (SSSR count). The molecule has 2 heterocycles. The molecular formula is C12H19N7O. The first-order valence-electron chi connectivity index (χ1n) is 6.67. The zero-order valence-corrected chi connectivity index (χ0v) is 11.4. The van der Waals surface area contributed by atoms with Gasteiger partial charge in [0.05, 0.1) is 11.4 Å². The van der Waals surface area contributed by atoms with Crippen molar-refractivity contribution >= 4 is 11.6 Å². The lowest BCUT2D eigenvalue weighted by Crippen LogP contribution is -2.26. The first kappa shape index (κ1) is 14.0. The van der Waals surface area contributed by atoms with Crippen LogP contribution in [0.15, 0.2) is 6.33 Å². The summed E-state index contributed by atoms with van der Waals surface area (Å²) in [6, 6.07) is 0. The maximum atomic E-state index is 11.9. The highest BCUT2D eigenvalue weighted by Crippen LogP contribution is 2.15. The summed E-state index contributed by atoms with van der Waals surface area (Å²) in [6.07, 6.45) is 4.71. The van der Waals surface area contributed by atoms with E-state index in [0.717, 1.165) is 37.2 Å². The minimum atomic E-state index is -0.251. The molecule has 1 amide bonds. The van der Waals surface area contributed by atoms with Crippen LogP contribution in [0.5, 0.6) is 0 Å². The van der Waals surface area contributed by atoms with Crippen LogP contribution in [0.4, 0.5) is 5.69 Å². The van der Waals surface area contributed by atoms with Crippen molar-refractivity contribution in [2.45, 2.75) is 32.6 Å². The summed E-state index contributed by atoms with van der Waals surface area (Å²) in [5.41, 5.74) is 7.43. The van der Waals surface area contributed by atoms with Gasteiger partial charge in [0, 0.05) is 13.0 Å². The summed E-state index contributed by atoms with van der Waals surface area (Å²) < 4.78 is 0. The van der Waals surface area contributed by atoms with Crippen molar-refractivity contribution in [3.63, 3.8) is 0 Å². The van der Waals surface area contributed by atoms with Crippen LogP contribution in [0.2, 0.25) is 0 Å². The molecule has 8 nitrogen and oxygen atoms in total. The quantitative estimate of drug-likeness (QED) is 0.546. The number of aromatic amines is 2. The Hall–Kier alpha value is -2.38. The van der Waals surface area contributed by atoms with Crippen molar-refractivity contribution < 1.29 is 4.79 Å². The Bertz CT molecular complexity index is 546. The summed E-state index contributed by atoms with van der Waals surface area (Å²) >= 11 is 0. The van der Waals surface area contributed by atoms with E-state index in [1.54, 1.807) is 0 Å². The van der Waals surface area contributed by atoms with E-state index in [-0.39, 0.29) is 11.6 Å². The van der Waals surface area contributed by atoms with Crippen molar-refractivity contribution in [1.82, 2.24) is 30.7 Å². The van der Waals surface area contributed by atoms with E-state index < -0.39 is 0 Å². The molecule has 0 saturated heterocycles. The monoisotopic (exact) mass is 277 g/mol. The van der Waals surface area contributed by atoms with E-state index in [2.05, 4.69) is 30.7 Å². The molecule has 20 heavy (non-hydrogen) atoms. The molecule has 0 fully saturated rings. The highest BCUT2D eigenvalue weighted by atomic mass is 16.1. The van der Waals surface area contributed by atoms with E-state index in [1.807, 2.05) is 6.92 Å². The van der Waals surface area contributed by atoms with Gasteiger partial charge >= 0.3 is 0 Å². The summed E-state index contributed by atoms with van der Waals surface area (Å²) in [4.78, 5) is 15.9. The van der Waals surface area contributed by atoms with E-state index in [4.69, 9.17) is 5.73 Å². The molecule has 0 aliphatic carbocycles. The number of anilines is 1. The number of nitrogens with zero attached hydrogens (tertiary/aromatic N) is 3. The first-order chi connectivity index (χ1) is 9.72. The van der Waals surface area contributed by atoms with Crippen molar-refractivity contribution in [2.24, 2.45) is 0 Å². The molecule has 0 aromatic carbocycles. The van der Waals surface area contributed by atoms with E-state index >= 15 is 0 Å². The number of nitrogen functional groups attached to an aromatic ring is 1. The predicted octanol–water partition coefficient (Wildman–Crippen LogP) is 0.425. The number of rotatable bonds is 7.